The highest BCUT2D eigenvalue weighted by atomic mass is 19.1. The summed E-state index contributed by atoms with van der Waals surface area (Å²) < 4.78 is 56.6. The first-order valence-corrected chi connectivity index (χ1v) is 10.2. The van der Waals surface area contributed by atoms with E-state index in [1.807, 2.05) is 0 Å². The zero-order chi connectivity index (χ0) is 25.2. The molecule has 1 heterocycles. The Bertz CT molecular complexity index is 1380. The summed E-state index contributed by atoms with van der Waals surface area (Å²) in [5.74, 6) is -4.85. The van der Waals surface area contributed by atoms with E-state index in [1.54, 1.807) is 0 Å². The highest BCUT2D eigenvalue weighted by Crippen LogP contribution is 2.29. The van der Waals surface area contributed by atoms with E-state index in [4.69, 9.17) is 0 Å². The molecule has 0 aliphatic rings. The standard InChI is InChI=1S/C24H18F4N4O3/c25-15-2-4-17(20(27)8-15)14-1-6-22(33)18(7-14)23(34)30-10-24(35,11-32-13-29-12-31-32)19-5-3-16(26)9-21(19)28/h1-9,12-13,33,35H,10-11H2,(H,30,34)/t24-/m1/s1. The molecule has 7 nitrogen and oxygen atoms in total. The molecule has 0 spiro atoms. The number of carbonyl (C=O) groups is 1. The van der Waals surface area contributed by atoms with E-state index in [-0.39, 0.29) is 28.8 Å². The second-order valence-electron chi connectivity index (χ2n) is 7.79. The number of nitrogens with one attached hydrogen (secondary N) is 1. The molecule has 0 saturated heterocycles. The number of aromatic hydroxyl groups is 1. The number of carbonyl (C=O) groups excluding carboxylic acids is 1. The number of halogens is 4. The van der Waals surface area contributed by atoms with Crippen LogP contribution in [-0.2, 0) is 12.1 Å². The van der Waals surface area contributed by atoms with Crippen molar-refractivity contribution >= 4 is 5.91 Å². The number of nitrogens with zero attached hydrogens (tertiary/aromatic N) is 3. The van der Waals surface area contributed by atoms with Crippen LogP contribution in [0.15, 0.2) is 67.3 Å². The van der Waals surface area contributed by atoms with Gasteiger partial charge in [-0.1, -0.05) is 12.1 Å². The molecule has 0 aliphatic heterocycles. The van der Waals surface area contributed by atoms with Crippen LogP contribution in [0.2, 0.25) is 0 Å². The average molecular weight is 486 g/mol. The summed E-state index contributed by atoms with van der Waals surface area (Å²) in [6.45, 7) is -0.911. The summed E-state index contributed by atoms with van der Waals surface area (Å²) in [5.41, 5.74) is -2.48. The molecule has 35 heavy (non-hydrogen) atoms. The fourth-order valence-corrected chi connectivity index (χ4v) is 3.62. The van der Waals surface area contributed by atoms with Gasteiger partial charge >= 0.3 is 0 Å². The third-order valence-electron chi connectivity index (χ3n) is 5.35. The van der Waals surface area contributed by atoms with Crippen LogP contribution < -0.4 is 5.32 Å². The summed E-state index contributed by atoms with van der Waals surface area (Å²) in [6, 6.07) is 9.21. The molecule has 0 fully saturated rings. The third-order valence-corrected chi connectivity index (χ3v) is 5.35. The highest BCUT2D eigenvalue weighted by Gasteiger charge is 2.34. The second kappa shape index (κ2) is 9.55. The number of aromatic nitrogens is 3. The Kier molecular flexibility index (Phi) is 6.52. The lowest BCUT2D eigenvalue weighted by atomic mass is 9.92. The number of rotatable bonds is 7. The van der Waals surface area contributed by atoms with E-state index in [0.29, 0.717) is 12.1 Å². The quantitative estimate of drug-likeness (QED) is 0.347. The van der Waals surface area contributed by atoms with Crippen LogP contribution in [0.25, 0.3) is 11.1 Å². The Morgan fingerprint density at radius 3 is 2.34 bits per heavy atom. The van der Waals surface area contributed by atoms with Crippen molar-refractivity contribution in [3.63, 3.8) is 0 Å². The predicted octanol–water partition coefficient (Wildman–Crippen LogP) is 3.52. The van der Waals surface area contributed by atoms with Gasteiger partial charge in [0, 0.05) is 23.3 Å². The Morgan fingerprint density at radius 1 is 0.971 bits per heavy atom. The maximum Gasteiger partial charge on any atom is 0.255 e. The largest absolute Gasteiger partial charge is 0.507 e. The summed E-state index contributed by atoms with van der Waals surface area (Å²) in [6.07, 6.45) is 2.46. The molecule has 0 unspecified atom stereocenters. The predicted molar refractivity (Wildman–Crippen MR) is 116 cm³/mol. The lowest BCUT2D eigenvalue weighted by Crippen LogP contribution is -2.44. The van der Waals surface area contributed by atoms with E-state index in [9.17, 15) is 32.6 Å². The van der Waals surface area contributed by atoms with Gasteiger partial charge in [-0.2, -0.15) is 5.10 Å². The fraction of sp³-hybridized carbons (Fsp3) is 0.125. The number of amides is 1. The van der Waals surface area contributed by atoms with E-state index in [1.165, 1.54) is 35.5 Å². The molecule has 11 heteroatoms. The molecule has 4 rings (SSSR count). The summed E-state index contributed by atoms with van der Waals surface area (Å²) in [5, 5.41) is 27.7. The molecule has 0 aliphatic carbocycles. The van der Waals surface area contributed by atoms with Crippen LogP contribution in [-0.4, -0.2) is 37.4 Å². The lowest BCUT2D eigenvalue weighted by molar-refractivity contribution is 0.0120. The molecule has 1 atom stereocenters. The second-order valence-corrected chi connectivity index (χ2v) is 7.79. The normalized spacial score (nSPS) is 12.8. The van der Waals surface area contributed by atoms with Gasteiger partial charge in [-0.25, -0.2) is 27.2 Å². The van der Waals surface area contributed by atoms with Crippen molar-refractivity contribution < 1.29 is 32.6 Å². The number of hydrogen-bond acceptors (Lipinski definition) is 5. The molecule has 3 aromatic carbocycles. The molecule has 1 amide bonds. The van der Waals surface area contributed by atoms with Crippen molar-refractivity contribution in [2.45, 2.75) is 12.1 Å². The van der Waals surface area contributed by atoms with Gasteiger partial charge in [0.05, 0.1) is 18.7 Å². The minimum atomic E-state index is -2.09. The maximum atomic E-state index is 14.5. The first-order chi connectivity index (χ1) is 16.7. The fourth-order valence-electron chi connectivity index (χ4n) is 3.62. The number of hydrogen-bond donors (Lipinski definition) is 3. The first kappa shape index (κ1) is 23.9. The van der Waals surface area contributed by atoms with Crippen LogP contribution in [0.4, 0.5) is 17.6 Å². The highest BCUT2D eigenvalue weighted by molar-refractivity contribution is 5.98. The molecular weight excluding hydrogens is 468 g/mol. The van der Waals surface area contributed by atoms with E-state index in [0.717, 1.165) is 24.3 Å². The summed E-state index contributed by atoms with van der Waals surface area (Å²) in [4.78, 5) is 16.6. The molecule has 0 bridgehead atoms. The van der Waals surface area contributed by atoms with Gasteiger partial charge in [0.25, 0.3) is 5.91 Å². The van der Waals surface area contributed by atoms with Crippen molar-refractivity contribution in [1.82, 2.24) is 20.1 Å². The van der Waals surface area contributed by atoms with Crippen molar-refractivity contribution in [1.29, 1.82) is 0 Å². The number of aliphatic hydroxyl groups is 1. The number of benzene rings is 3. The Morgan fingerprint density at radius 2 is 1.69 bits per heavy atom. The van der Waals surface area contributed by atoms with Crippen molar-refractivity contribution in [2.75, 3.05) is 6.54 Å². The molecule has 0 saturated carbocycles. The number of phenolic OH excluding ortho intramolecular Hbond substituents is 1. The minimum absolute atomic E-state index is 0.00322. The Labute approximate surface area is 196 Å². The van der Waals surface area contributed by atoms with Crippen molar-refractivity contribution in [3.8, 4) is 16.9 Å². The number of phenols is 1. The molecule has 0 radical (unpaired) electrons. The minimum Gasteiger partial charge on any atom is -0.507 e. The van der Waals surface area contributed by atoms with Crippen LogP contribution in [0.1, 0.15) is 15.9 Å². The zero-order valence-electron chi connectivity index (χ0n) is 17.9. The SMILES string of the molecule is O=C(NC[C@@](O)(Cn1cncn1)c1ccc(F)cc1F)c1cc(-c2ccc(F)cc2F)ccc1O. The van der Waals surface area contributed by atoms with Crippen LogP contribution in [0.3, 0.4) is 0 Å². The van der Waals surface area contributed by atoms with Crippen LogP contribution >= 0.6 is 0 Å². The van der Waals surface area contributed by atoms with E-state index in [2.05, 4.69) is 15.4 Å². The van der Waals surface area contributed by atoms with Gasteiger partial charge < -0.3 is 15.5 Å². The molecule has 3 N–H and O–H groups in total. The van der Waals surface area contributed by atoms with Crippen molar-refractivity contribution in [2.24, 2.45) is 0 Å². The Balaban J connectivity index is 1.62. The smallest absolute Gasteiger partial charge is 0.255 e. The van der Waals surface area contributed by atoms with Gasteiger partial charge in [0.2, 0.25) is 0 Å². The van der Waals surface area contributed by atoms with Crippen LogP contribution in [0, 0.1) is 23.3 Å². The first-order valence-electron chi connectivity index (χ1n) is 10.2. The molecule has 1 aromatic heterocycles. The van der Waals surface area contributed by atoms with Crippen LogP contribution in [0.5, 0.6) is 5.75 Å². The average Bonchev–Trinajstić information content (AvgIpc) is 3.31. The van der Waals surface area contributed by atoms with Gasteiger partial charge in [-0.15, -0.1) is 0 Å². The monoisotopic (exact) mass is 486 g/mol. The molecular formula is C24H18F4N4O3. The van der Waals surface area contributed by atoms with Gasteiger partial charge in [0.15, 0.2) is 0 Å². The molecule has 4 aromatic rings. The summed E-state index contributed by atoms with van der Waals surface area (Å²) in [7, 11) is 0. The van der Waals surface area contributed by atoms with E-state index >= 15 is 0 Å². The topological polar surface area (TPSA) is 100 Å². The summed E-state index contributed by atoms with van der Waals surface area (Å²) >= 11 is 0. The molecule has 180 valence electrons. The maximum absolute atomic E-state index is 14.5. The van der Waals surface area contributed by atoms with Gasteiger partial charge in [0.1, 0.15) is 47.3 Å². The zero-order valence-corrected chi connectivity index (χ0v) is 17.9. The van der Waals surface area contributed by atoms with E-state index < -0.39 is 47.1 Å². The Hall–Kier alpha value is -4.25. The lowest BCUT2D eigenvalue weighted by Gasteiger charge is -2.29. The van der Waals surface area contributed by atoms with Gasteiger partial charge in [-0.3, -0.25) is 4.79 Å². The third kappa shape index (κ3) is 5.14. The van der Waals surface area contributed by atoms with Crippen molar-refractivity contribution in [3.05, 3.63) is 102 Å². The van der Waals surface area contributed by atoms with Gasteiger partial charge in [-0.05, 0) is 35.9 Å².